The number of carboxylic acid groups (broad SMARTS) is 1. The number of carbonyl (C=O) groups is 1. The molecule has 0 aliphatic rings. The Labute approximate surface area is 107 Å². The Kier molecular flexibility index (Phi) is 6.35. The molecule has 0 saturated carbocycles. The predicted molar refractivity (Wildman–Crippen MR) is 67.8 cm³/mol. The third-order valence-electron chi connectivity index (χ3n) is 2.62. The molecule has 0 saturated heterocycles. The molecule has 0 heterocycles. The highest BCUT2D eigenvalue weighted by molar-refractivity contribution is 5.89. The maximum absolute atomic E-state index is 11.0. The highest BCUT2D eigenvalue weighted by Crippen LogP contribution is 2.08. The van der Waals surface area contributed by atoms with Crippen molar-refractivity contribution in [2.75, 3.05) is 27.4 Å². The molecule has 0 radical (unpaired) electrons. The molecule has 100 valence electrons. The highest BCUT2D eigenvalue weighted by Gasteiger charge is 2.10. The first-order chi connectivity index (χ1) is 8.69. The number of ether oxygens (including phenoxy) is 2. The van der Waals surface area contributed by atoms with E-state index >= 15 is 0 Å². The fourth-order valence-corrected chi connectivity index (χ4v) is 1.65. The molecule has 0 bridgehead atoms. The summed E-state index contributed by atoms with van der Waals surface area (Å²) in [5, 5.41) is 12.2. The van der Waals surface area contributed by atoms with Gasteiger partial charge in [-0.1, -0.05) is 18.2 Å². The van der Waals surface area contributed by atoms with Gasteiger partial charge >= 0.3 is 5.97 Å². The van der Waals surface area contributed by atoms with Gasteiger partial charge in [-0.3, -0.25) is 0 Å². The SMILES string of the molecule is COCC(CNCc1ccccc1C(=O)O)OC. The van der Waals surface area contributed by atoms with Crippen molar-refractivity contribution >= 4 is 5.97 Å². The van der Waals surface area contributed by atoms with E-state index < -0.39 is 5.97 Å². The van der Waals surface area contributed by atoms with Crippen molar-refractivity contribution in [3.63, 3.8) is 0 Å². The van der Waals surface area contributed by atoms with Gasteiger partial charge in [0.05, 0.1) is 18.3 Å². The van der Waals surface area contributed by atoms with Crippen molar-refractivity contribution in [3.8, 4) is 0 Å². The van der Waals surface area contributed by atoms with Crippen molar-refractivity contribution < 1.29 is 19.4 Å². The van der Waals surface area contributed by atoms with Crippen LogP contribution in [-0.4, -0.2) is 44.6 Å². The monoisotopic (exact) mass is 253 g/mol. The minimum Gasteiger partial charge on any atom is -0.478 e. The van der Waals surface area contributed by atoms with Crippen molar-refractivity contribution in [1.29, 1.82) is 0 Å². The summed E-state index contributed by atoms with van der Waals surface area (Å²) in [7, 11) is 3.24. The van der Waals surface area contributed by atoms with E-state index in [1.807, 2.05) is 6.07 Å². The van der Waals surface area contributed by atoms with Gasteiger partial charge in [0.1, 0.15) is 0 Å². The zero-order valence-electron chi connectivity index (χ0n) is 10.7. The average Bonchev–Trinajstić information content (AvgIpc) is 2.38. The first-order valence-corrected chi connectivity index (χ1v) is 5.72. The molecule has 5 heteroatoms. The average molecular weight is 253 g/mol. The second-order valence-corrected chi connectivity index (χ2v) is 3.91. The Balaban J connectivity index is 2.50. The van der Waals surface area contributed by atoms with E-state index in [4.69, 9.17) is 14.6 Å². The smallest absolute Gasteiger partial charge is 0.336 e. The van der Waals surface area contributed by atoms with Crippen LogP contribution in [-0.2, 0) is 16.0 Å². The molecule has 1 aromatic carbocycles. The van der Waals surface area contributed by atoms with Crippen LogP contribution in [0, 0.1) is 0 Å². The van der Waals surface area contributed by atoms with Crippen molar-refractivity contribution in [1.82, 2.24) is 5.32 Å². The number of nitrogens with one attached hydrogen (secondary N) is 1. The Morgan fingerprint density at radius 2 is 2.11 bits per heavy atom. The summed E-state index contributed by atoms with van der Waals surface area (Å²) in [5.41, 5.74) is 1.09. The van der Waals surface area contributed by atoms with Crippen molar-refractivity contribution in [2.24, 2.45) is 0 Å². The molecule has 1 unspecified atom stereocenters. The van der Waals surface area contributed by atoms with Crippen LogP contribution in [0.1, 0.15) is 15.9 Å². The van der Waals surface area contributed by atoms with E-state index in [1.54, 1.807) is 32.4 Å². The third kappa shape index (κ3) is 4.44. The van der Waals surface area contributed by atoms with Gasteiger partial charge in [0, 0.05) is 27.3 Å². The Morgan fingerprint density at radius 1 is 1.39 bits per heavy atom. The van der Waals surface area contributed by atoms with E-state index in [-0.39, 0.29) is 6.10 Å². The van der Waals surface area contributed by atoms with Crippen molar-refractivity contribution in [3.05, 3.63) is 35.4 Å². The normalized spacial score (nSPS) is 12.3. The number of hydrogen-bond donors (Lipinski definition) is 2. The summed E-state index contributed by atoms with van der Waals surface area (Å²) in [5.74, 6) is -0.910. The molecule has 1 aromatic rings. The fourth-order valence-electron chi connectivity index (χ4n) is 1.65. The van der Waals surface area contributed by atoms with Crippen LogP contribution < -0.4 is 5.32 Å². The van der Waals surface area contributed by atoms with Crippen LogP contribution in [0.5, 0.6) is 0 Å². The quantitative estimate of drug-likeness (QED) is 0.727. The predicted octanol–water partition coefficient (Wildman–Crippen LogP) is 1.14. The standard InChI is InChI=1S/C13H19NO4/c1-17-9-11(18-2)8-14-7-10-5-3-4-6-12(10)13(15)16/h3-6,11,14H,7-9H2,1-2H3,(H,15,16). The lowest BCUT2D eigenvalue weighted by atomic mass is 10.1. The second-order valence-electron chi connectivity index (χ2n) is 3.91. The van der Waals surface area contributed by atoms with Crippen LogP contribution in [0.2, 0.25) is 0 Å². The molecular weight excluding hydrogens is 234 g/mol. The minimum atomic E-state index is -0.910. The third-order valence-corrected chi connectivity index (χ3v) is 2.62. The maximum atomic E-state index is 11.0. The number of aromatic carboxylic acids is 1. The second kappa shape index (κ2) is 7.81. The lowest BCUT2D eigenvalue weighted by Gasteiger charge is -2.15. The zero-order chi connectivity index (χ0) is 13.4. The van der Waals surface area contributed by atoms with E-state index in [2.05, 4.69) is 5.32 Å². The van der Waals surface area contributed by atoms with Crippen LogP contribution in [0.25, 0.3) is 0 Å². The molecule has 0 fully saturated rings. The summed E-state index contributed by atoms with van der Waals surface area (Å²) in [6.45, 7) is 1.61. The first kappa shape index (κ1) is 14.6. The van der Waals surface area contributed by atoms with E-state index in [9.17, 15) is 4.79 Å². The zero-order valence-corrected chi connectivity index (χ0v) is 10.7. The van der Waals surface area contributed by atoms with Gasteiger partial charge in [0.2, 0.25) is 0 Å². The summed E-state index contributed by atoms with van der Waals surface area (Å²) in [4.78, 5) is 11.0. The summed E-state index contributed by atoms with van der Waals surface area (Å²) in [6.07, 6.45) is -0.0352. The summed E-state index contributed by atoms with van der Waals surface area (Å²) in [6, 6.07) is 6.94. The van der Waals surface area contributed by atoms with Gasteiger partial charge in [-0.15, -0.1) is 0 Å². The van der Waals surface area contributed by atoms with Gasteiger partial charge in [-0.05, 0) is 11.6 Å². The molecule has 2 N–H and O–H groups in total. The Bertz CT molecular complexity index is 381. The molecule has 0 amide bonds. The van der Waals surface area contributed by atoms with Gasteiger partial charge in [0.15, 0.2) is 0 Å². The molecule has 0 aliphatic carbocycles. The van der Waals surface area contributed by atoms with Crippen LogP contribution >= 0.6 is 0 Å². The molecular formula is C13H19NO4. The fraction of sp³-hybridized carbons (Fsp3) is 0.462. The van der Waals surface area contributed by atoms with Gasteiger partial charge < -0.3 is 19.9 Å². The number of carboxylic acids is 1. The lowest BCUT2D eigenvalue weighted by Crippen LogP contribution is -2.31. The van der Waals surface area contributed by atoms with Gasteiger partial charge in [0.25, 0.3) is 0 Å². The molecule has 18 heavy (non-hydrogen) atoms. The molecule has 0 aromatic heterocycles. The van der Waals surface area contributed by atoms with Crippen LogP contribution in [0.3, 0.4) is 0 Å². The van der Waals surface area contributed by atoms with Crippen LogP contribution in [0.4, 0.5) is 0 Å². The minimum absolute atomic E-state index is 0.0352. The molecule has 1 rings (SSSR count). The maximum Gasteiger partial charge on any atom is 0.336 e. The topological polar surface area (TPSA) is 67.8 Å². The van der Waals surface area contributed by atoms with Gasteiger partial charge in [-0.25, -0.2) is 4.79 Å². The number of benzene rings is 1. The highest BCUT2D eigenvalue weighted by atomic mass is 16.5. The van der Waals surface area contributed by atoms with E-state index in [0.29, 0.717) is 25.3 Å². The van der Waals surface area contributed by atoms with Crippen molar-refractivity contribution in [2.45, 2.75) is 12.6 Å². The largest absolute Gasteiger partial charge is 0.478 e. The number of hydrogen-bond acceptors (Lipinski definition) is 4. The van der Waals surface area contributed by atoms with Gasteiger partial charge in [-0.2, -0.15) is 0 Å². The van der Waals surface area contributed by atoms with E-state index in [1.165, 1.54) is 0 Å². The Hall–Kier alpha value is -1.43. The molecule has 5 nitrogen and oxygen atoms in total. The Morgan fingerprint density at radius 3 is 2.72 bits per heavy atom. The molecule has 1 atom stereocenters. The number of rotatable bonds is 8. The lowest BCUT2D eigenvalue weighted by molar-refractivity contribution is 0.0287. The molecule has 0 spiro atoms. The summed E-state index contributed by atoms with van der Waals surface area (Å²) >= 11 is 0. The number of methoxy groups -OCH3 is 2. The summed E-state index contributed by atoms with van der Waals surface area (Å²) < 4.78 is 10.2. The van der Waals surface area contributed by atoms with Crippen LogP contribution in [0.15, 0.2) is 24.3 Å². The first-order valence-electron chi connectivity index (χ1n) is 5.72. The molecule has 0 aliphatic heterocycles. The van der Waals surface area contributed by atoms with E-state index in [0.717, 1.165) is 5.56 Å².